The van der Waals surface area contributed by atoms with Gasteiger partial charge in [0.05, 0.1) is 6.61 Å². The number of halogens is 2. The van der Waals surface area contributed by atoms with Crippen LogP contribution >= 0.6 is 24.8 Å². The number of carbonyl (C=O) groups is 1. The lowest BCUT2D eigenvalue weighted by Crippen LogP contribution is -2.47. The van der Waals surface area contributed by atoms with Crippen molar-refractivity contribution in [2.75, 3.05) is 33.4 Å². The number of fused-ring (bicyclic) bond motifs is 1. The Morgan fingerprint density at radius 1 is 1.24 bits per heavy atom. The molecule has 3 rings (SSSR count). The molecule has 1 aliphatic rings. The number of carbonyl (C=O) groups excluding carboxylic acids is 1. The molecule has 0 atom stereocenters. The van der Waals surface area contributed by atoms with E-state index in [1.807, 2.05) is 30.3 Å². The lowest BCUT2D eigenvalue weighted by molar-refractivity contribution is 0.0511. The normalized spacial score (nSPS) is 15.7. The molecule has 5 nitrogen and oxygen atoms in total. The number of hydrogen-bond acceptors (Lipinski definition) is 4. The van der Waals surface area contributed by atoms with Gasteiger partial charge in [0.1, 0.15) is 5.69 Å². The number of methoxy groups -OCH3 is 1. The van der Waals surface area contributed by atoms with Crippen LogP contribution in [0, 0.1) is 5.41 Å². The molecule has 0 radical (unpaired) electrons. The van der Waals surface area contributed by atoms with E-state index >= 15 is 0 Å². The molecule has 7 heteroatoms. The molecule has 1 aromatic heterocycles. The van der Waals surface area contributed by atoms with Gasteiger partial charge in [0, 0.05) is 30.7 Å². The number of nitrogens with one attached hydrogen (secondary N) is 2. The van der Waals surface area contributed by atoms with Crippen LogP contribution in [0.2, 0.25) is 0 Å². The predicted molar refractivity (Wildman–Crippen MR) is 105 cm³/mol. The minimum absolute atomic E-state index is 0. The number of amides is 1. The molecule has 25 heavy (non-hydrogen) atoms. The number of rotatable bonds is 5. The molecule has 0 unspecified atom stereocenters. The van der Waals surface area contributed by atoms with Crippen LogP contribution in [0.1, 0.15) is 23.3 Å². The van der Waals surface area contributed by atoms with Crippen molar-refractivity contribution in [2.45, 2.75) is 12.8 Å². The van der Waals surface area contributed by atoms with Gasteiger partial charge < -0.3 is 15.4 Å². The molecule has 2 N–H and O–H groups in total. The Bertz CT molecular complexity index is 680. The second kappa shape index (κ2) is 9.92. The summed E-state index contributed by atoms with van der Waals surface area (Å²) in [7, 11) is 1.72. The molecule has 1 aromatic carbocycles. The number of ether oxygens (including phenoxy) is 1. The zero-order chi connectivity index (χ0) is 16.1. The number of nitrogens with zero attached hydrogens (tertiary/aromatic N) is 1. The van der Waals surface area contributed by atoms with Crippen molar-refractivity contribution < 1.29 is 9.53 Å². The highest BCUT2D eigenvalue weighted by molar-refractivity contribution is 6.05. The second-order valence-corrected chi connectivity index (χ2v) is 6.25. The summed E-state index contributed by atoms with van der Waals surface area (Å²) in [6.45, 7) is 3.21. The van der Waals surface area contributed by atoms with Gasteiger partial charge in [0.15, 0.2) is 0 Å². The van der Waals surface area contributed by atoms with Crippen LogP contribution in [0.15, 0.2) is 36.5 Å². The summed E-state index contributed by atoms with van der Waals surface area (Å²) >= 11 is 0. The molecule has 1 aliphatic heterocycles. The van der Waals surface area contributed by atoms with E-state index in [9.17, 15) is 4.79 Å². The fourth-order valence-corrected chi connectivity index (χ4v) is 3.29. The Balaban J connectivity index is 0.00000156. The Morgan fingerprint density at radius 3 is 2.68 bits per heavy atom. The van der Waals surface area contributed by atoms with E-state index in [1.54, 1.807) is 13.3 Å². The molecule has 1 amide bonds. The molecule has 138 valence electrons. The molecule has 0 saturated carbocycles. The van der Waals surface area contributed by atoms with Crippen molar-refractivity contribution >= 4 is 41.5 Å². The zero-order valence-electron chi connectivity index (χ0n) is 14.3. The molecule has 2 heterocycles. The van der Waals surface area contributed by atoms with E-state index in [-0.39, 0.29) is 36.1 Å². The minimum atomic E-state index is -0.115. The van der Waals surface area contributed by atoms with Gasteiger partial charge in [-0.1, -0.05) is 24.3 Å². The van der Waals surface area contributed by atoms with Gasteiger partial charge in [-0.3, -0.25) is 9.78 Å². The number of pyridine rings is 1. The van der Waals surface area contributed by atoms with E-state index < -0.39 is 0 Å². The molecule has 0 spiro atoms. The summed E-state index contributed by atoms with van der Waals surface area (Å²) in [6, 6.07) is 9.75. The smallest absolute Gasteiger partial charge is 0.270 e. The minimum Gasteiger partial charge on any atom is -0.384 e. The number of piperidine rings is 1. The summed E-state index contributed by atoms with van der Waals surface area (Å²) in [5.41, 5.74) is 0.505. The fraction of sp³-hybridized carbons (Fsp3) is 0.444. The maximum Gasteiger partial charge on any atom is 0.270 e. The quantitative estimate of drug-likeness (QED) is 0.830. The zero-order valence-corrected chi connectivity index (χ0v) is 15.9. The van der Waals surface area contributed by atoms with Crippen LogP contribution in [0.5, 0.6) is 0 Å². The van der Waals surface area contributed by atoms with Crippen molar-refractivity contribution in [1.29, 1.82) is 0 Å². The average Bonchev–Trinajstić information content (AvgIpc) is 2.60. The van der Waals surface area contributed by atoms with E-state index in [2.05, 4.69) is 15.6 Å². The van der Waals surface area contributed by atoms with Crippen LogP contribution in [-0.2, 0) is 4.74 Å². The van der Waals surface area contributed by atoms with E-state index in [1.165, 1.54) is 0 Å². The number of hydrogen-bond donors (Lipinski definition) is 2. The molecular weight excluding hydrogens is 361 g/mol. The van der Waals surface area contributed by atoms with Crippen LogP contribution in [0.4, 0.5) is 0 Å². The first-order chi connectivity index (χ1) is 11.2. The standard InChI is InChI=1S/C18H23N3O2.2ClH/c1-23-13-18(7-10-19-11-8-18)12-21-17(22)16-15-5-3-2-4-14(15)6-9-20-16;;/h2-6,9,19H,7-8,10-13H2,1H3,(H,21,22);2*1H. The SMILES string of the molecule is COCC1(CNC(=O)c2nccc3ccccc23)CCNCC1.Cl.Cl. The first kappa shape index (κ1) is 21.6. The highest BCUT2D eigenvalue weighted by Gasteiger charge is 2.32. The van der Waals surface area contributed by atoms with Gasteiger partial charge in [-0.25, -0.2) is 0 Å². The maximum atomic E-state index is 12.6. The number of aromatic nitrogens is 1. The van der Waals surface area contributed by atoms with Crippen molar-refractivity contribution in [3.63, 3.8) is 0 Å². The van der Waals surface area contributed by atoms with Crippen molar-refractivity contribution in [1.82, 2.24) is 15.6 Å². The Kier molecular flexibility index (Phi) is 8.59. The molecular formula is C18H25Cl2N3O2. The first-order valence-electron chi connectivity index (χ1n) is 8.06. The Morgan fingerprint density at radius 2 is 1.96 bits per heavy atom. The molecule has 1 saturated heterocycles. The Hall–Kier alpha value is -1.40. The van der Waals surface area contributed by atoms with Gasteiger partial charge in [-0.05, 0) is 37.4 Å². The summed E-state index contributed by atoms with van der Waals surface area (Å²) in [5.74, 6) is -0.115. The van der Waals surface area contributed by atoms with Crippen LogP contribution < -0.4 is 10.6 Å². The fourth-order valence-electron chi connectivity index (χ4n) is 3.29. The third kappa shape index (κ3) is 5.05. The molecule has 1 fully saturated rings. The van der Waals surface area contributed by atoms with E-state index in [4.69, 9.17) is 4.74 Å². The molecule has 2 aromatic rings. The molecule has 0 bridgehead atoms. The second-order valence-electron chi connectivity index (χ2n) is 6.25. The first-order valence-corrected chi connectivity index (χ1v) is 8.06. The lowest BCUT2D eigenvalue weighted by Gasteiger charge is -2.37. The molecule has 0 aliphatic carbocycles. The number of benzene rings is 1. The van der Waals surface area contributed by atoms with Crippen molar-refractivity contribution in [3.8, 4) is 0 Å². The van der Waals surface area contributed by atoms with Gasteiger partial charge in [-0.15, -0.1) is 24.8 Å². The third-order valence-corrected chi connectivity index (χ3v) is 4.63. The highest BCUT2D eigenvalue weighted by Crippen LogP contribution is 2.28. The van der Waals surface area contributed by atoms with Crippen molar-refractivity contribution in [2.24, 2.45) is 5.41 Å². The largest absolute Gasteiger partial charge is 0.384 e. The third-order valence-electron chi connectivity index (χ3n) is 4.63. The van der Waals surface area contributed by atoms with E-state index in [0.717, 1.165) is 36.7 Å². The van der Waals surface area contributed by atoms with Gasteiger partial charge in [0.2, 0.25) is 0 Å². The van der Waals surface area contributed by atoms with Crippen LogP contribution in [0.3, 0.4) is 0 Å². The van der Waals surface area contributed by atoms with Crippen LogP contribution in [0.25, 0.3) is 10.8 Å². The Labute approximate surface area is 160 Å². The monoisotopic (exact) mass is 385 g/mol. The van der Waals surface area contributed by atoms with E-state index in [0.29, 0.717) is 18.8 Å². The van der Waals surface area contributed by atoms with Crippen molar-refractivity contribution in [3.05, 3.63) is 42.2 Å². The van der Waals surface area contributed by atoms with Gasteiger partial charge in [-0.2, -0.15) is 0 Å². The predicted octanol–water partition coefficient (Wildman–Crippen LogP) is 2.82. The topological polar surface area (TPSA) is 63.2 Å². The average molecular weight is 386 g/mol. The van der Waals surface area contributed by atoms with Gasteiger partial charge in [0.25, 0.3) is 5.91 Å². The highest BCUT2D eigenvalue weighted by atomic mass is 35.5. The van der Waals surface area contributed by atoms with Crippen LogP contribution in [-0.4, -0.2) is 44.2 Å². The summed E-state index contributed by atoms with van der Waals surface area (Å²) in [5, 5.41) is 8.35. The summed E-state index contributed by atoms with van der Waals surface area (Å²) in [6.07, 6.45) is 3.70. The summed E-state index contributed by atoms with van der Waals surface area (Å²) in [4.78, 5) is 16.9. The van der Waals surface area contributed by atoms with Gasteiger partial charge >= 0.3 is 0 Å². The lowest BCUT2D eigenvalue weighted by atomic mass is 9.79. The maximum absolute atomic E-state index is 12.6. The summed E-state index contributed by atoms with van der Waals surface area (Å²) < 4.78 is 5.40.